The second kappa shape index (κ2) is 27.9. The van der Waals surface area contributed by atoms with Crippen molar-refractivity contribution in [2.45, 2.75) is 74.5 Å². The molecule has 0 radical (unpaired) electrons. The average molecular weight is 1180 g/mol. The van der Waals surface area contributed by atoms with E-state index in [0.717, 1.165) is 65.2 Å². The maximum atomic E-state index is 13.8. The van der Waals surface area contributed by atoms with Crippen LogP contribution in [-0.4, -0.2) is 154 Å². The number of aromatic nitrogens is 5. The van der Waals surface area contributed by atoms with E-state index in [4.69, 9.17) is 35.5 Å². The molecule has 8 rings (SSSR count). The molecule has 436 valence electrons. The molecule has 82 heavy (non-hydrogen) atoms. The van der Waals surface area contributed by atoms with Crippen LogP contribution < -0.4 is 19.7 Å². The number of sulfonamides is 1. The number of sulfone groups is 1. The standard InChI is InChI=1S/C60H72ClN9O10S2/c1-41(2)81(73,74)57-11-9-8-10-46(57)35-54-53(61)38-63-58(64-54)33-44-13-16-49(17-14-44)70-25-23-69(24-26-70)40-59(72)62-22-27-78-28-29-79-30-31-80-50-18-20-51(21-19-50)82(75,76)67(5)39-48-34-45(15-12-42(48)3)52(32-43(4)71)47-36-55-60(56(37-47)77-7)68(6)66-65-55/h8-21,34,36-38,41,52H,22-33,35,39-40H2,1-7H3,(H,62,72). The van der Waals surface area contributed by atoms with Gasteiger partial charge < -0.3 is 29.2 Å². The minimum absolute atomic E-state index is 0.00884. The van der Waals surface area contributed by atoms with Gasteiger partial charge in [-0.1, -0.05) is 65.3 Å². The van der Waals surface area contributed by atoms with Crippen molar-refractivity contribution in [1.29, 1.82) is 0 Å². The molecule has 1 atom stereocenters. The summed E-state index contributed by atoms with van der Waals surface area (Å²) in [6.07, 6.45) is 2.57. The number of benzene rings is 5. The largest absolute Gasteiger partial charge is 0.494 e. The summed E-state index contributed by atoms with van der Waals surface area (Å²) in [4.78, 5) is 39.4. The van der Waals surface area contributed by atoms with Crippen LogP contribution in [-0.2, 0) is 65.4 Å². The summed E-state index contributed by atoms with van der Waals surface area (Å²) in [5, 5.41) is 11.2. The van der Waals surface area contributed by atoms with Gasteiger partial charge in [-0.3, -0.25) is 14.5 Å². The first kappa shape index (κ1) is 61.2. The lowest BCUT2D eigenvalue weighted by molar-refractivity contribution is -0.122. The fourth-order valence-corrected chi connectivity index (χ4v) is 12.4. The number of ketones is 1. The summed E-state index contributed by atoms with van der Waals surface area (Å²) >= 11 is 6.51. The van der Waals surface area contributed by atoms with Gasteiger partial charge in [-0.15, -0.1) is 5.10 Å². The lowest BCUT2D eigenvalue weighted by atomic mass is 9.85. The molecule has 1 aliphatic heterocycles. The van der Waals surface area contributed by atoms with Crippen LogP contribution in [0.4, 0.5) is 5.69 Å². The SMILES string of the molecule is COc1cc(C(CC(C)=O)c2ccc(C)c(CN(C)S(=O)(=O)c3ccc(OCCOCCOCCNC(=O)CN4CCN(c5ccc(Cc6ncc(Cl)c(Cc7ccccc7S(=O)(=O)C(C)C)n6)cc5)CC4)cc3)c2)cc2nnn(C)c12. The Kier molecular flexibility index (Phi) is 20.9. The van der Waals surface area contributed by atoms with Crippen LogP contribution in [0, 0.1) is 6.92 Å². The van der Waals surface area contributed by atoms with Crippen LogP contribution in [0.3, 0.4) is 0 Å². The summed E-state index contributed by atoms with van der Waals surface area (Å²) in [6.45, 7) is 12.2. The molecule has 0 bridgehead atoms. The molecular formula is C60H72ClN9O10S2. The van der Waals surface area contributed by atoms with Crippen molar-refractivity contribution in [1.82, 2.24) is 39.5 Å². The molecule has 1 amide bonds. The Morgan fingerprint density at radius 3 is 2.23 bits per heavy atom. The number of methoxy groups -OCH3 is 1. The van der Waals surface area contributed by atoms with Crippen LogP contribution in [0.15, 0.2) is 119 Å². The van der Waals surface area contributed by atoms with Gasteiger partial charge in [-0.25, -0.2) is 31.5 Å². The lowest BCUT2D eigenvalue weighted by Gasteiger charge is -2.35. The Hall–Kier alpha value is -6.85. The van der Waals surface area contributed by atoms with Gasteiger partial charge in [0.05, 0.1) is 65.8 Å². The molecule has 3 heterocycles. The average Bonchev–Trinajstić information content (AvgIpc) is 3.91. The van der Waals surface area contributed by atoms with Gasteiger partial charge in [0.25, 0.3) is 0 Å². The number of carbonyl (C=O) groups is 2. The number of aryl methyl sites for hydroxylation is 2. The molecule has 19 nitrogen and oxygen atoms in total. The number of rotatable bonds is 28. The van der Waals surface area contributed by atoms with Gasteiger partial charge in [0.1, 0.15) is 40.7 Å². The van der Waals surface area contributed by atoms with Crippen LogP contribution in [0.1, 0.15) is 78.0 Å². The molecule has 7 aromatic rings. The van der Waals surface area contributed by atoms with Crippen molar-refractivity contribution in [3.8, 4) is 11.5 Å². The molecule has 0 saturated carbocycles. The van der Waals surface area contributed by atoms with E-state index in [1.165, 1.54) is 16.4 Å². The van der Waals surface area contributed by atoms with E-state index in [0.29, 0.717) is 90.0 Å². The van der Waals surface area contributed by atoms with Crippen LogP contribution in [0.5, 0.6) is 11.5 Å². The molecule has 1 saturated heterocycles. The number of hydrogen-bond acceptors (Lipinski definition) is 16. The van der Waals surface area contributed by atoms with Crippen molar-refractivity contribution in [3.05, 3.63) is 159 Å². The molecule has 22 heteroatoms. The smallest absolute Gasteiger partial charge is 0.243 e. The van der Waals surface area contributed by atoms with Crippen molar-refractivity contribution in [3.63, 3.8) is 0 Å². The summed E-state index contributed by atoms with van der Waals surface area (Å²) in [5.74, 6) is 1.31. The van der Waals surface area contributed by atoms with Crippen molar-refractivity contribution < 1.29 is 45.4 Å². The predicted octanol–water partition coefficient (Wildman–Crippen LogP) is 7.37. The number of fused-ring (bicyclic) bond motifs is 1. The molecule has 5 aromatic carbocycles. The van der Waals surface area contributed by atoms with Crippen molar-refractivity contribution in [2.24, 2.45) is 7.05 Å². The molecule has 1 aliphatic rings. The third-order valence-electron chi connectivity index (χ3n) is 14.5. The molecular weight excluding hydrogens is 1110 g/mol. The number of ether oxygens (including phenoxy) is 4. The first-order valence-electron chi connectivity index (χ1n) is 27.3. The zero-order valence-corrected chi connectivity index (χ0v) is 49.9. The third kappa shape index (κ3) is 15.6. The van der Waals surface area contributed by atoms with E-state index >= 15 is 0 Å². The van der Waals surface area contributed by atoms with Crippen molar-refractivity contribution in [2.75, 3.05) is 91.4 Å². The molecule has 0 spiro atoms. The first-order chi connectivity index (χ1) is 39.3. The van der Waals surface area contributed by atoms with Crippen LogP contribution in [0.25, 0.3) is 11.0 Å². The minimum atomic E-state index is -3.88. The van der Waals surface area contributed by atoms with E-state index in [1.54, 1.807) is 83.2 Å². The first-order valence-corrected chi connectivity index (χ1v) is 30.6. The highest BCUT2D eigenvalue weighted by molar-refractivity contribution is 7.92. The number of Topliss-reactive ketones (excluding diaryl/α,β-unsaturated/α-hetero) is 1. The van der Waals surface area contributed by atoms with Gasteiger partial charge in [0.2, 0.25) is 15.9 Å². The van der Waals surface area contributed by atoms with Gasteiger partial charge >= 0.3 is 0 Å². The zero-order valence-electron chi connectivity index (χ0n) is 47.5. The number of nitrogens with zero attached hydrogens (tertiary/aromatic N) is 8. The Morgan fingerprint density at radius 2 is 1.52 bits per heavy atom. The number of carbonyl (C=O) groups excluding carboxylic acids is 2. The summed E-state index contributed by atoms with van der Waals surface area (Å²) in [6, 6.07) is 31.3. The normalized spacial score (nSPS) is 13.7. The molecule has 0 aliphatic carbocycles. The quantitative estimate of drug-likeness (QED) is 0.0474. The number of amides is 1. The van der Waals surface area contributed by atoms with E-state index in [2.05, 4.69) is 54.7 Å². The third-order valence-corrected chi connectivity index (χ3v) is 18.9. The van der Waals surface area contributed by atoms with Gasteiger partial charge in [-0.05, 0) is 116 Å². The highest BCUT2D eigenvalue weighted by atomic mass is 35.5. The maximum Gasteiger partial charge on any atom is 0.243 e. The van der Waals surface area contributed by atoms with E-state index in [1.807, 2.05) is 43.3 Å². The van der Waals surface area contributed by atoms with Crippen LogP contribution in [0.2, 0.25) is 5.02 Å². The maximum absolute atomic E-state index is 13.8. The molecule has 1 N–H and O–H groups in total. The number of halogens is 1. The van der Waals surface area contributed by atoms with E-state index in [9.17, 15) is 26.4 Å². The molecule has 1 unspecified atom stereocenters. The van der Waals surface area contributed by atoms with Crippen LogP contribution >= 0.6 is 11.6 Å². The predicted molar refractivity (Wildman–Crippen MR) is 315 cm³/mol. The Labute approximate surface area is 485 Å². The second-order valence-corrected chi connectivity index (χ2v) is 25.6. The summed E-state index contributed by atoms with van der Waals surface area (Å²) in [7, 11) is -2.44. The monoisotopic (exact) mass is 1180 g/mol. The fraction of sp³-hybridized carbons (Fsp3) is 0.400. The number of piperazine rings is 1. The zero-order chi connectivity index (χ0) is 58.6. The second-order valence-electron chi connectivity index (χ2n) is 20.7. The summed E-state index contributed by atoms with van der Waals surface area (Å²) in [5.41, 5.74) is 8.17. The topological polar surface area (TPSA) is 218 Å². The lowest BCUT2D eigenvalue weighted by Crippen LogP contribution is -2.49. The Bertz CT molecular complexity index is 3560. The number of anilines is 1. The van der Waals surface area contributed by atoms with Gasteiger partial charge in [0.15, 0.2) is 9.84 Å². The number of hydrogen-bond donors (Lipinski definition) is 1. The highest BCUT2D eigenvalue weighted by Gasteiger charge is 2.27. The Balaban J connectivity index is 0.691. The number of nitrogens with one attached hydrogen (secondary N) is 1. The van der Waals surface area contributed by atoms with E-state index in [-0.39, 0.29) is 48.5 Å². The highest BCUT2D eigenvalue weighted by Crippen LogP contribution is 2.36. The van der Waals surface area contributed by atoms with Gasteiger partial charge in [0, 0.05) is 90.4 Å². The molecule has 1 fully saturated rings. The summed E-state index contributed by atoms with van der Waals surface area (Å²) < 4.78 is 79.4. The van der Waals surface area contributed by atoms with Gasteiger partial charge in [-0.2, -0.15) is 4.31 Å². The minimum Gasteiger partial charge on any atom is -0.494 e. The van der Waals surface area contributed by atoms with E-state index < -0.39 is 25.1 Å². The molecule has 2 aromatic heterocycles. The van der Waals surface area contributed by atoms with Crippen molar-refractivity contribution >= 4 is 59.9 Å². The Morgan fingerprint density at radius 1 is 0.817 bits per heavy atom. The fourth-order valence-electron chi connectivity index (χ4n) is 9.79.